The van der Waals surface area contributed by atoms with E-state index < -0.39 is 5.97 Å². The van der Waals surface area contributed by atoms with Crippen molar-refractivity contribution in [3.05, 3.63) is 53.6 Å². The minimum absolute atomic E-state index is 0.0171. The van der Waals surface area contributed by atoms with Gasteiger partial charge in [0.15, 0.2) is 0 Å². The smallest absolute Gasteiger partial charge is 0.337 e. The van der Waals surface area contributed by atoms with E-state index >= 15 is 0 Å². The molecular formula is C24H31N3O4. The zero-order chi connectivity index (χ0) is 22.4. The van der Waals surface area contributed by atoms with Crippen molar-refractivity contribution >= 4 is 23.3 Å². The quantitative estimate of drug-likeness (QED) is 0.683. The summed E-state index contributed by atoms with van der Waals surface area (Å²) in [5.41, 5.74) is 2.37. The summed E-state index contributed by atoms with van der Waals surface area (Å²) < 4.78 is 10.6. The van der Waals surface area contributed by atoms with E-state index in [0.29, 0.717) is 22.6 Å². The topological polar surface area (TPSA) is 71.1 Å². The van der Waals surface area contributed by atoms with Crippen molar-refractivity contribution in [3.8, 4) is 5.75 Å². The first-order valence-electron chi connectivity index (χ1n) is 10.7. The number of benzene rings is 2. The number of rotatable bonds is 7. The zero-order valence-electron chi connectivity index (χ0n) is 18.7. The van der Waals surface area contributed by atoms with Crippen LogP contribution in [0, 0.1) is 0 Å². The molecule has 0 atom stereocenters. The maximum atomic E-state index is 13.0. The number of hydrogen-bond acceptors (Lipinski definition) is 6. The molecule has 2 aromatic rings. The van der Waals surface area contributed by atoms with Gasteiger partial charge < -0.3 is 24.6 Å². The summed E-state index contributed by atoms with van der Waals surface area (Å²) >= 11 is 0. The maximum absolute atomic E-state index is 13.0. The molecular weight excluding hydrogens is 394 g/mol. The molecule has 2 aromatic carbocycles. The van der Waals surface area contributed by atoms with Gasteiger partial charge in [0.25, 0.3) is 5.91 Å². The first-order chi connectivity index (χ1) is 14.9. The van der Waals surface area contributed by atoms with Crippen LogP contribution in [-0.4, -0.2) is 62.7 Å². The third-order valence-electron chi connectivity index (χ3n) is 5.29. The number of carbonyl (C=O) groups excluding carboxylic acids is 2. The number of nitrogens with one attached hydrogen (secondary N) is 1. The number of carbonyl (C=O) groups is 2. The van der Waals surface area contributed by atoms with Gasteiger partial charge in [-0.05, 0) is 56.8 Å². The van der Waals surface area contributed by atoms with Crippen LogP contribution in [-0.2, 0) is 4.74 Å². The van der Waals surface area contributed by atoms with E-state index in [1.165, 1.54) is 7.11 Å². The van der Waals surface area contributed by atoms with Gasteiger partial charge in [0, 0.05) is 31.7 Å². The van der Waals surface area contributed by atoms with Crippen molar-refractivity contribution < 1.29 is 19.1 Å². The molecule has 1 saturated heterocycles. The van der Waals surface area contributed by atoms with E-state index in [2.05, 4.69) is 22.0 Å². The highest BCUT2D eigenvalue weighted by molar-refractivity contribution is 6.07. The molecule has 0 unspecified atom stereocenters. The Bertz CT molecular complexity index is 921. The van der Waals surface area contributed by atoms with Crippen LogP contribution in [0.15, 0.2) is 42.5 Å². The lowest BCUT2D eigenvalue weighted by Crippen LogP contribution is -2.46. The highest BCUT2D eigenvalue weighted by Crippen LogP contribution is 2.29. The number of amides is 1. The summed E-state index contributed by atoms with van der Waals surface area (Å²) in [5.74, 6) is -0.0586. The molecule has 0 aliphatic carbocycles. The van der Waals surface area contributed by atoms with Crippen molar-refractivity contribution in [3.63, 3.8) is 0 Å². The molecule has 1 heterocycles. The summed E-state index contributed by atoms with van der Waals surface area (Å²) in [5, 5.41) is 2.99. The Morgan fingerprint density at radius 3 is 2.42 bits per heavy atom. The number of ether oxygens (including phenoxy) is 2. The monoisotopic (exact) mass is 425 g/mol. The standard InChI is InChI=1S/C24H31N3O4/c1-5-26-11-13-27(14-12-26)22-10-9-19(24(29)30-4)16-21(22)25-23(28)18-7-6-8-20(15-18)31-17(2)3/h6-10,15-17H,5,11-14H2,1-4H3,(H,25,28). The van der Waals surface area contributed by atoms with Crippen LogP contribution in [0.4, 0.5) is 11.4 Å². The van der Waals surface area contributed by atoms with E-state index in [1.54, 1.807) is 30.3 Å². The number of likely N-dealkylation sites (N-methyl/N-ethyl adjacent to an activating group) is 1. The molecule has 7 nitrogen and oxygen atoms in total. The van der Waals surface area contributed by atoms with Gasteiger partial charge in [-0.15, -0.1) is 0 Å². The second kappa shape index (κ2) is 10.3. The lowest BCUT2D eigenvalue weighted by molar-refractivity contribution is 0.0600. The first-order valence-corrected chi connectivity index (χ1v) is 10.7. The van der Waals surface area contributed by atoms with Crippen LogP contribution in [0.2, 0.25) is 0 Å². The van der Waals surface area contributed by atoms with Crippen LogP contribution in [0.5, 0.6) is 5.75 Å². The Hall–Kier alpha value is -3.06. The minimum atomic E-state index is -0.440. The summed E-state index contributed by atoms with van der Waals surface area (Å²) in [4.78, 5) is 29.7. The van der Waals surface area contributed by atoms with Crippen LogP contribution >= 0.6 is 0 Å². The summed E-state index contributed by atoms with van der Waals surface area (Å²) in [6.45, 7) is 10.7. The number of nitrogens with zero attached hydrogens (tertiary/aromatic N) is 2. The maximum Gasteiger partial charge on any atom is 0.337 e. The van der Waals surface area contributed by atoms with Gasteiger partial charge >= 0.3 is 5.97 Å². The molecule has 0 bridgehead atoms. The predicted molar refractivity (Wildman–Crippen MR) is 122 cm³/mol. The Morgan fingerprint density at radius 2 is 1.77 bits per heavy atom. The molecule has 0 spiro atoms. The van der Waals surface area contributed by atoms with Crippen LogP contribution in [0.1, 0.15) is 41.5 Å². The van der Waals surface area contributed by atoms with E-state index in [0.717, 1.165) is 38.4 Å². The molecule has 1 aliphatic rings. The second-order valence-corrected chi connectivity index (χ2v) is 7.79. The molecule has 0 saturated carbocycles. The molecule has 0 aromatic heterocycles. The number of piperazine rings is 1. The van der Waals surface area contributed by atoms with Crippen LogP contribution in [0.25, 0.3) is 0 Å². The van der Waals surface area contributed by atoms with Crippen molar-refractivity contribution in [1.82, 2.24) is 4.90 Å². The van der Waals surface area contributed by atoms with Gasteiger partial charge in [0.05, 0.1) is 30.2 Å². The number of methoxy groups -OCH3 is 1. The van der Waals surface area contributed by atoms with E-state index in [4.69, 9.17) is 9.47 Å². The number of esters is 1. The van der Waals surface area contributed by atoms with E-state index in [1.807, 2.05) is 26.0 Å². The van der Waals surface area contributed by atoms with Crippen molar-refractivity contribution in [2.75, 3.05) is 50.1 Å². The fourth-order valence-corrected chi connectivity index (χ4v) is 3.64. The van der Waals surface area contributed by atoms with Crippen LogP contribution in [0.3, 0.4) is 0 Å². The minimum Gasteiger partial charge on any atom is -0.491 e. The zero-order valence-corrected chi connectivity index (χ0v) is 18.7. The second-order valence-electron chi connectivity index (χ2n) is 7.79. The molecule has 1 aliphatic heterocycles. The van der Waals surface area contributed by atoms with Gasteiger partial charge in [0.2, 0.25) is 0 Å². The van der Waals surface area contributed by atoms with Gasteiger partial charge in [-0.25, -0.2) is 4.79 Å². The summed E-state index contributed by atoms with van der Waals surface area (Å²) in [7, 11) is 1.35. The first kappa shape index (κ1) is 22.6. The number of hydrogen-bond donors (Lipinski definition) is 1. The van der Waals surface area contributed by atoms with Gasteiger partial charge in [-0.1, -0.05) is 13.0 Å². The molecule has 0 radical (unpaired) electrons. The highest BCUT2D eigenvalue weighted by Gasteiger charge is 2.21. The fraction of sp³-hybridized carbons (Fsp3) is 0.417. The summed E-state index contributed by atoms with van der Waals surface area (Å²) in [6, 6.07) is 12.4. The fourth-order valence-electron chi connectivity index (χ4n) is 3.64. The largest absolute Gasteiger partial charge is 0.491 e. The highest BCUT2D eigenvalue weighted by atomic mass is 16.5. The average Bonchev–Trinajstić information content (AvgIpc) is 2.78. The molecule has 31 heavy (non-hydrogen) atoms. The third kappa shape index (κ3) is 5.76. The Balaban J connectivity index is 1.87. The molecule has 166 valence electrons. The molecule has 3 rings (SSSR count). The molecule has 1 fully saturated rings. The van der Waals surface area contributed by atoms with Crippen molar-refractivity contribution in [2.24, 2.45) is 0 Å². The average molecular weight is 426 g/mol. The molecule has 1 N–H and O–H groups in total. The normalized spacial score (nSPS) is 14.4. The Kier molecular flexibility index (Phi) is 7.52. The van der Waals surface area contributed by atoms with Crippen LogP contribution < -0.4 is 15.0 Å². The Morgan fingerprint density at radius 1 is 1.03 bits per heavy atom. The Labute approximate surface area is 183 Å². The SMILES string of the molecule is CCN1CCN(c2ccc(C(=O)OC)cc2NC(=O)c2cccc(OC(C)C)c2)CC1. The van der Waals surface area contributed by atoms with Gasteiger partial charge in [-0.2, -0.15) is 0 Å². The van der Waals surface area contributed by atoms with Crippen molar-refractivity contribution in [1.29, 1.82) is 0 Å². The predicted octanol–water partition coefficient (Wildman–Crippen LogP) is 3.65. The van der Waals surface area contributed by atoms with Gasteiger partial charge in [-0.3, -0.25) is 4.79 Å². The van der Waals surface area contributed by atoms with Crippen molar-refractivity contribution in [2.45, 2.75) is 26.9 Å². The lowest BCUT2D eigenvalue weighted by Gasteiger charge is -2.36. The summed E-state index contributed by atoms with van der Waals surface area (Å²) in [6.07, 6.45) is 0.0171. The third-order valence-corrected chi connectivity index (χ3v) is 5.29. The lowest BCUT2D eigenvalue weighted by atomic mass is 10.1. The van der Waals surface area contributed by atoms with E-state index in [-0.39, 0.29) is 12.0 Å². The van der Waals surface area contributed by atoms with E-state index in [9.17, 15) is 9.59 Å². The number of anilines is 2. The molecule has 1 amide bonds. The molecule has 7 heteroatoms. The van der Waals surface area contributed by atoms with Gasteiger partial charge in [0.1, 0.15) is 5.75 Å².